The molecular formula is C18H23NO2. The third kappa shape index (κ3) is 3.99. The van der Waals surface area contributed by atoms with Crippen molar-refractivity contribution in [2.75, 3.05) is 19.0 Å². The van der Waals surface area contributed by atoms with Crippen LogP contribution in [-0.2, 0) is 6.42 Å². The average Bonchev–Trinajstić information content (AvgIpc) is 2.52. The Kier molecular flexibility index (Phi) is 5.23. The maximum Gasteiger partial charge on any atom is 0.124 e. The Balaban J connectivity index is 2.07. The second kappa shape index (κ2) is 7.14. The Hall–Kier alpha value is -2.00. The topological polar surface area (TPSA) is 41.5 Å². The number of aryl methyl sites for hydroxylation is 2. The molecule has 2 aromatic carbocycles. The number of aliphatic hydroxyl groups is 1. The normalized spacial score (nSPS) is 12.0. The zero-order valence-electron chi connectivity index (χ0n) is 12.9. The van der Waals surface area contributed by atoms with Crippen molar-refractivity contribution in [2.45, 2.75) is 26.4 Å². The van der Waals surface area contributed by atoms with Crippen molar-refractivity contribution in [3.63, 3.8) is 0 Å². The monoisotopic (exact) mass is 285 g/mol. The minimum atomic E-state index is -0.606. The summed E-state index contributed by atoms with van der Waals surface area (Å²) in [6, 6.07) is 14.1. The highest BCUT2D eigenvalue weighted by Gasteiger charge is 2.13. The summed E-state index contributed by atoms with van der Waals surface area (Å²) >= 11 is 0. The highest BCUT2D eigenvalue weighted by molar-refractivity contribution is 5.46. The van der Waals surface area contributed by atoms with E-state index in [0.29, 0.717) is 6.54 Å². The SMILES string of the molecule is CCc1cccc(NCC(O)c2cc(C)ccc2OC)c1. The molecule has 2 N–H and O–H groups in total. The van der Waals surface area contributed by atoms with Crippen LogP contribution >= 0.6 is 0 Å². The number of aliphatic hydroxyl groups excluding tert-OH is 1. The van der Waals surface area contributed by atoms with Crippen molar-refractivity contribution in [3.8, 4) is 5.75 Å². The van der Waals surface area contributed by atoms with Crippen molar-refractivity contribution < 1.29 is 9.84 Å². The number of rotatable bonds is 6. The third-order valence-electron chi connectivity index (χ3n) is 3.58. The molecule has 0 spiro atoms. The summed E-state index contributed by atoms with van der Waals surface area (Å²) in [5, 5.41) is 13.7. The van der Waals surface area contributed by atoms with Gasteiger partial charge < -0.3 is 15.2 Å². The van der Waals surface area contributed by atoms with E-state index in [1.54, 1.807) is 7.11 Å². The fourth-order valence-corrected chi connectivity index (χ4v) is 2.34. The second-order valence-electron chi connectivity index (χ2n) is 5.20. The van der Waals surface area contributed by atoms with E-state index in [1.165, 1.54) is 5.56 Å². The van der Waals surface area contributed by atoms with Gasteiger partial charge in [0.2, 0.25) is 0 Å². The molecule has 1 unspecified atom stereocenters. The molecule has 112 valence electrons. The molecule has 0 aliphatic heterocycles. The average molecular weight is 285 g/mol. The minimum Gasteiger partial charge on any atom is -0.496 e. The van der Waals surface area contributed by atoms with Crippen LogP contribution in [0, 0.1) is 6.92 Å². The number of nitrogens with one attached hydrogen (secondary N) is 1. The van der Waals surface area contributed by atoms with Crippen LogP contribution < -0.4 is 10.1 Å². The van der Waals surface area contributed by atoms with Gasteiger partial charge in [-0.3, -0.25) is 0 Å². The highest BCUT2D eigenvalue weighted by atomic mass is 16.5. The van der Waals surface area contributed by atoms with Gasteiger partial charge in [0.1, 0.15) is 5.75 Å². The fourth-order valence-electron chi connectivity index (χ4n) is 2.34. The van der Waals surface area contributed by atoms with Crippen LogP contribution in [0.4, 0.5) is 5.69 Å². The van der Waals surface area contributed by atoms with Crippen LogP contribution in [0.2, 0.25) is 0 Å². The van der Waals surface area contributed by atoms with E-state index in [0.717, 1.165) is 29.0 Å². The van der Waals surface area contributed by atoms with Crippen molar-refractivity contribution >= 4 is 5.69 Å². The lowest BCUT2D eigenvalue weighted by atomic mass is 10.0. The van der Waals surface area contributed by atoms with E-state index in [1.807, 2.05) is 37.3 Å². The zero-order valence-corrected chi connectivity index (χ0v) is 12.9. The Morgan fingerprint density at radius 3 is 2.71 bits per heavy atom. The van der Waals surface area contributed by atoms with Gasteiger partial charge in [0.15, 0.2) is 0 Å². The molecule has 2 rings (SSSR count). The molecular weight excluding hydrogens is 262 g/mol. The predicted octanol–water partition coefficient (Wildman–Crippen LogP) is 3.71. The van der Waals surface area contributed by atoms with E-state index < -0.39 is 6.10 Å². The van der Waals surface area contributed by atoms with Crippen LogP contribution in [0.15, 0.2) is 42.5 Å². The van der Waals surface area contributed by atoms with E-state index in [-0.39, 0.29) is 0 Å². The van der Waals surface area contributed by atoms with Crippen LogP contribution in [0.5, 0.6) is 5.75 Å². The predicted molar refractivity (Wildman–Crippen MR) is 87.0 cm³/mol. The Bertz CT molecular complexity index is 596. The quantitative estimate of drug-likeness (QED) is 0.850. The number of hydrogen-bond donors (Lipinski definition) is 2. The lowest BCUT2D eigenvalue weighted by molar-refractivity contribution is 0.187. The molecule has 1 atom stereocenters. The minimum absolute atomic E-state index is 0.451. The standard InChI is InChI=1S/C18H23NO2/c1-4-14-6-5-7-15(11-14)19-12-17(20)16-10-13(2)8-9-18(16)21-3/h5-11,17,19-20H,4,12H2,1-3H3. The van der Waals surface area contributed by atoms with Gasteiger partial charge in [-0.05, 0) is 43.2 Å². The lowest BCUT2D eigenvalue weighted by Gasteiger charge is -2.17. The number of ether oxygens (including phenoxy) is 1. The Labute approximate surface area is 126 Å². The van der Waals surface area contributed by atoms with Gasteiger partial charge >= 0.3 is 0 Å². The van der Waals surface area contributed by atoms with Gasteiger partial charge in [-0.2, -0.15) is 0 Å². The highest BCUT2D eigenvalue weighted by Crippen LogP contribution is 2.26. The smallest absolute Gasteiger partial charge is 0.124 e. The summed E-state index contributed by atoms with van der Waals surface area (Å²) in [6.07, 6.45) is 0.397. The summed E-state index contributed by atoms with van der Waals surface area (Å²) in [4.78, 5) is 0. The summed E-state index contributed by atoms with van der Waals surface area (Å²) in [7, 11) is 1.62. The van der Waals surface area contributed by atoms with Gasteiger partial charge in [-0.1, -0.05) is 30.7 Å². The molecule has 0 heterocycles. The van der Waals surface area contributed by atoms with E-state index in [9.17, 15) is 5.11 Å². The van der Waals surface area contributed by atoms with Crippen molar-refractivity contribution in [2.24, 2.45) is 0 Å². The summed E-state index contributed by atoms with van der Waals surface area (Å²) < 4.78 is 5.32. The molecule has 0 aliphatic rings. The van der Waals surface area contributed by atoms with Crippen LogP contribution in [-0.4, -0.2) is 18.8 Å². The van der Waals surface area contributed by atoms with E-state index in [2.05, 4.69) is 24.4 Å². The van der Waals surface area contributed by atoms with Crippen LogP contribution in [0.3, 0.4) is 0 Å². The maximum atomic E-state index is 10.4. The number of hydrogen-bond acceptors (Lipinski definition) is 3. The number of anilines is 1. The van der Waals surface area contributed by atoms with Crippen LogP contribution in [0.25, 0.3) is 0 Å². The zero-order chi connectivity index (χ0) is 15.2. The number of methoxy groups -OCH3 is 1. The lowest BCUT2D eigenvalue weighted by Crippen LogP contribution is -2.13. The first-order chi connectivity index (χ1) is 10.1. The van der Waals surface area contributed by atoms with E-state index >= 15 is 0 Å². The fraction of sp³-hybridized carbons (Fsp3) is 0.333. The molecule has 0 saturated heterocycles. The Morgan fingerprint density at radius 2 is 2.00 bits per heavy atom. The molecule has 3 nitrogen and oxygen atoms in total. The van der Waals surface area contributed by atoms with E-state index in [4.69, 9.17) is 4.74 Å². The summed E-state index contributed by atoms with van der Waals surface area (Å²) in [5.74, 6) is 0.720. The van der Waals surface area contributed by atoms with Crippen molar-refractivity contribution in [3.05, 3.63) is 59.2 Å². The first-order valence-electron chi connectivity index (χ1n) is 7.29. The van der Waals surface area contributed by atoms with Gasteiger partial charge in [0.05, 0.1) is 13.2 Å². The molecule has 0 amide bonds. The first kappa shape index (κ1) is 15.4. The third-order valence-corrected chi connectivity index (χ3v) is 3.58. The summed E-state index contributed by atoms with van der Waals surface area (Å²) in [6.45, 7) is 4.59. The van der Waals surface area contributed by atoms with Gasteiger partial charge in [-0.15, -0.1) is 0 Å². The first-order valence-corrected chi connectivity index (χ1v) is 7.29. The molecule has 3 heteroatoms. The molecule has 21 heavy (non-hydrogen) atoms. The largest absolute Gasteiger partial charge is 0.496 e. The van der Waals surface area contributed by atoms with Crippen LogP contribution in [0.1, 0.15) is 29.7 Å². The number of benzene rings is 2. The van der Waals surface area contributed by atoms with Crippen molar-refractivity contribution in [1.82, 2.24) is 0 Å². The van der Waals surface area contributed by atoms with Gasteiger partial charge in [0, 0.05) is 17.8 Å². The maximum absolute atomic E-state index is 10.4. The van der Waals surface area contributed by atoms with Gasteiger partial charge in [0.25, 0.3) is 0 Å². The molecule has 2 aromatic rings. The summed E-state index contributed by atoms with van der Waals surface area (Å²) in [5.41, 5.74) is 4.23. The molecule has 0 aliphatic carbocycles. The van der Waals surface area contributed by atoms with Crippen molar-refractivity contribution in [1.29, 1.82) is 0 Å². The molecule has 0 bridgehead atoms. The Morgan fingerprint density at radius 1 is 1.19 bits per heavy atom. The molecule has 0 aromatic heterocycles. The second-order valence-corrected chi connectivity index (χ2v) is 5.20. The molecule has 0 saturated carbocycles. The molecule has 0 radical (unpaired) electrons. The molecule has 0 fully saturated rings. The van der Waals surface area contributed by atoms with Gasteiger partial charge in [-0.25, -0.2) is 0 Å².